The van der Waals surface area contributed by atoms with E-state index in [2.05, 4.69) is 55.4 Å². The van der Waals surface area contributed by atoms with Gasteiger partial charge in [0.05, 0.1) is 26.4 Å². The lowest BCUT2D eigenvalue weighted by Crippen LogP contribution is -2.30. The molecule has 0 bridgehead atoms. The summed E-state index contributed by atoms with van der Waals surface area (Å²) in [5, 5.41) is 10.6. The summed E-state index contributed by atoms with van der Waals surface area (Å²) < 4.78 is 68.3. The Hall–Kier alpha value is -1.94. The van der Waals surface area contributed by atoms with Gasteiger partial charge in [-0.25, -0.2) is 9.13 Å². The largest absolute Gasteiger partial charge is 0.472 e. The van der Waals surface area contributed by atoms with Gasteiger partial charge in [-0.05, 0) is 49.4 Å². The highest BCUT2D eigenvalue weighted by molar-refractivity contribution is 7.47. The molecule has 0 saturated carbocycles. The van der Waals surface area contributed by atoms with Crippen molar-refractivity contribution in [2.24, 2.45) is 23.7 Å². The number of carbonyl (C=O) groups excluding carboxylic acids is 4. The fourth-order valence-corrected chi connectivity index (χ4v) is 12.4. The number of hydrogen-bond acceptors (Lipinski definition) is 15. The second-order valence-corrected chi connectivity index (χ2v) is 30.3. The molecule has 0 amide bonds. The van der Waals surface area contributed by atoms with E-state index in [1.54, 1.807) is 0 Å². The van der Waals surface area contributed by atoms with Crippen LogP contribution in [-0.4, -0.2) is 96.7 Å². The summed E-state index contributed by atoms with van der Waals surface area (Å²) >= 11 is 0. The lowest BCUT2D eigenvalue weighted by atomic mass is 9.99. The number of phosphoric acid groups is 2. The first-order valence-corrected chi connectivity index (χ1v) is 40.3. The van der Waals surface area contributed by atoms with Crippen LogP contribution in [0.15, 0.2) is 0 Å². The third-order valence-electron chi connectivity index (χ3n) is 17.3. The number of ether oxygens (including phenoxy) is 4. The molecule has 17 nitrogen and oxygen atoms in total. The van der Waals surface area contributed by atoms with Crippen molar-refractivity contribution in [1.29, 1.82) is 0 Å². The van der Waals surface area contributed by atoms with E-state index in [1.807, 2.05) is 0 Å². The Labute approximate surface area is 556 Å². The molecule has 0 spiro atoms. The highest BCUT2D eigenvalue weighted by Gasteiger charge is 2.30. The van der Waals surface area contributed by atoms with Crippen molar-refractivity contribution in [1.82, 2.24) is 0 Å². The Morgan fingerprint density at radius 2 is 0.527 bits per heavy atom. The van der Waals surface area contributed by atoms with Crippen molar-refractivity contribution >= 4 is 39.5 Å². The molecule has 19 heteroatoms. The Bertz CT molecular complexity index is 1800. The van der Waals surface area contributed by atoms with Crippen LogP contribution in [0.5, 0.6) is 0 Å². The van der Waals surface area contributed by atoms with Crippen LogP contribution in [0.2, 0.25) is 0 Å². The van der Waals surface area contributed by atoms with Gasteiger partial charge < -0.3 is 33.8 Å². The Morgan fingerprint density at radius 1 is 0.308 bits per heavy atom. The van der Waals surface area contributed by atoms with Crippen LogP contribution >= 0.6 is 15.6 Å². The first-order valence-electron chi connectivity index (χ1n) is 37.3. The zero-order valence-electron chi connectivity index (χ0n) is 59.5. The van der Waals surface area contributed by atoms with Crippen LogP contribution < -0.4 is 0 Å². The summed E-state index contributed by atoms with van der Waals surface area (Å²) in [7, 11) is -9.90. The topological polar surface area (TPSA) is 237 Å². The molecule has 0 heterocycles. The molecule has 0 saturated heterocycles. The van der Waals surface area contributed by atoms with Crippen LogP contribution in [0, 0.1) is 23.7 Å². The van der Waals surface area contributed by atoms with Gasteiger partial charge in [0.2, 0.25) is 0 Å². The molecule has 540 valence electrons. The lowest BCUT2D eigenvalue weighted by Gasteiger charge is -2.21. The SMILES string of the molecule is CCC(C)CCCCCCCCCCCCCCCCC(=O)OC[C@H](COP(=O)(O)OC[C@@H](O)COP(=O)(O)OC[C@@H](COC(=O)CCCCCCCCC(C)C)OC(=O)CCCCCCCCCCC(C)CC)OC(=O)CCCCCCCCCCCC(C)C. The summed E-state index contributed by atoms with van der Waals surface area (Å²) in [6.45, 7) is 14.1. The molecule has 0 radical (unpaired) electrons. The van der Waals surface area contributed by atoms with Gasteiger partial charge in [-0.1, -0.05) is 306 Å². The standard InChI is InChI=1S/C72H140O17P2/c1-9-64(7)50-42-34-25-19-15-13-11-12-14-16-20-27-36-44-52-69(74)82-58-67(88-71(76)54-46-38-28-21-17-18-24-32-40-48-62(3)4)60-86-90(78,79)84-56-66(73)57-85-91(80,81)87-61-68(59-83-70(75)53-45-37-31-30-33-41-49-63(5)6)89-72(77)55-47-39-29-23-22-26-35-43-51-65(8)10-2/h62-68,73H,9-61H2,1-8H3,(H,78,79)(H,80,81)/t64?,65?,66-,67-,68-/m1/s1. The van der Waals surface area contributed by atoms with Gasteiger partial charge in [-0.15, -0.1) is 0 Å². The number of esters is 4. The Kier molecular flexibility index (Phi) is 60.3. The van der Waals surface area contributed by atoms with Crippen molar-refractivity contribution in [2.45, 2.75) is 375 Å². The average Bonchev–Trinajstić information content (AvgIpc) is 3.71. The van der Waals surface area contributed by atoms with E-state index in [1.165, 1.54) is 154 Å². The first kappa shape index (κ1) is 89.1. The summed E-state index contributed by atoms with van der Waals surface area (Å²) in [5.74, 6) is 0.905. The molecule has 0 rings (SSSR count). The fourth-order valence-electron chi connectivity index (χ4n) is 10.8. The van der Waals surface area contributed by atoms with Crippen molar-refractivity contribution < 1.29 is 80.2 Å². The van der Waals surface area contributed by atoms with E-state index in [0.717, 1.165) is 114 Å². The maximum absolute atomic E-state index is 13.0. The normalized spacial score (nSPS) is 14.8. The number of phosphoric ester groups is 2. The van der Waals surface area contributed by atoms with Crippen molar-refractivity contribution in [2.75, 3.05) is 39.6 Å². The minimum absolute atomic E-state index is 0.103. The van der Waals surface area contributed by atoms with Gasteiger partial charge in [-0.2, -0.15) is 0 Å². The third kappa shape index (κ3) is 63.9. The van der Waals surface area contributed by atoms with Gasteiger partial charge in [0, 0.05) is 25.7 Å². The molecule has 0 aromatic carbocycles. The summed E-state index contributed by atoms with van der Waals surface area (Å²) in [5.41, 5.74) is 0. The highest BCUT2D eigenvalue weighted by atomic mass is 31.2. The smallest absolute Gasteiger partial charge is 0.462 e. The van der Waals surface area contributed by atoms with E-state index >= 15 is 0 Å². The Morgan fingerprint density at radius 3 is 0.780 bits per heavy atom. The van der Waals surface area contributed by atoms with E-state index < -0.39 is 97.5 Å². The molecule has 0 aliphatic heterocycles. The average molecular weight is 1340 g/mol. The zero-order chi connectivity index (χ0) is 67.5. The summed E-state index contributed by atoms with van der Waals surface area (Å²) in [6.07, 6.45) is 44.5. The van der Waals surface area contributed by atoms with Gasteiger partial charge in [0.25, 0.3) is 0 Å². The van der Waals surface area contributed by atoms with Gasteiger partial charge >= 0.3 is 39.5 Å². The highest BCUT2D eigenvalue weighted by Crippen LogP contribution is 2.45. The van der Waals surface area contributed by atoms with E-state index in [-0.39, 0.29) is 25.7 Å². The number of hydrogen-bond donors (Lipinski definition) is 3. The van der Waals surface area contributed by atoms with Gasteiger partial charge in [-0.3, -0.25) is 37.3 Å². The minimum Gasteiger partial charge on any atom is -0.462 e. The third-order valence-corrected chi connectivity index (χ3v) is 19.2. The first-order chi connectivity index (χ1) is 43.7. The fraction of sp³-hybridized carbons (Fsp3) is 0.944. The lowest BCUT2D eigenvalue weighted by molar-refractivity contribution is -0.161. The molecule has 7 atom stereocenters. The quantitative estimate of drug-likeness (QED) is 0.0222. The van der Waals surface area contributed by atoms with E-state index in [4.69, 9.17) is 37.0 Å². The van der Waals surface area contributed by atoms with Gasteiger partial charge in [0.1, 0.15) is 19.3 Å². The number of aliphatic hydroxyl groups excluding tert-OH is 1. The van der Waals surface area contributed by atoms with Crippen LogP contribution in [-0.2, 0) is 65.4 Å². The second kappa shape index (κ2) is 61.6. The predicted molar refractivity (Wildman–Crippen MR) is 367 cm³/mol. The van der Waals surface area contributed by atoms with Crippen LogP contribution in [0.4, 0.5) is 0 Å². The number of carbonyl (C=O) groups is 4. The summed E-state index contributed by atoms with van der Waals surface area (Å²) in [4.78, 5) is 72.6. The second-order valence-electron chi connectivity index (χ2n) is 27.4. The maximum Gasteiger partial charge on any atom is 0.472 e. The molecule has 0 aromatic heterocycles. The predicted octanol–water partition coefficient (Wildman–Crippen LogP) is 20.5. The zero-order valence-corrected chi connectivity index (χ0v) is 61.3. The number of rotatable bonds is 69. The molecule has 4 unspecified atom stereocenters. The molecule has 0 aromatic rings. The van der Waals surface area contributed by atoms with Gasteiger partial charge in [0.15, 0.2) is 12.2 Å². The molecule has 91 heavy (non-hydrogen) atoms. The molecule has 0 fully saturated rings. The molecular formula is C72H140O17P2. The van der Waals surface area contributed by atoms with Crippen LogP contribution in [0.25, 0.3) is 0 Å². The molecular weight excluding hydrogens is 1200 g/mol. The van der Waals surface area contributed by atoms with Crippen LogP contribution in [0.3, 0.4) is 0 Å². The monoisotopic (exact) mass is 1340 g/mol. The van der Waals surface area contributed by atoms with Crippen LogP contribution in [0.1, 0.15) is 357 Å². The van der Waals surface area contributed by atoms with E-state index in [9.17, 15) is 43.2 Å². The molecule has 3 N–H and O–H groups in total. The minimum atomic E-state index is -4.95. The Balaban J connectivity index is 5.22. The van der Waals surface area contributed by atoms with Crippen molar-refractivity contribution in [3.63, 3.8) is 0 Å². The van der Waals surface area contributed by atoms with Crippen molar-refractivity contribution in [3.8, 4) is 0 Å². The molecule has 0 aliphatic carbocycles. The number of aliphatic hydroxyl groups is 1. The molecule has 0 aliphatic rings. The maximum atomic E-state index is 13.0. The van der Waals surface area contributed by atoms with E-state index in [0.29, 0.717) is 31.6 Å². The number of unbranched alkanes of at least 4 members (excludes halogenated alkanes) is 33. The summed E-state index contributed by atoms with van der Waals surface area (Å²) in [6, 6.07) is 0. The van der Waals surface area contributed by atoms with Crippen molar-refractivity contribution in [3.05, 3.63) is 0 Å².